The fourth-order valence-corrected chi connectivity index (χ4v) is 2.03. The number of pyridine rings is 1. The van der Waals surface area contributed by atoms with E-state index in [0.717, 1.165) is 5.56 Å². The van der Waals surface area contributed by atoms with Crippen molar-refractivity contribution >= 4 is 17.5 Å². The van der Waals surface area contributed by atoms with E-state index in [-0.39, 0.29) is 11.9 Å². The van der Waals surface area contributed by atoms with Crippen LogP contribution >= 0.6 is 11.6 Å². The number of aromatic nitrogens is 1. The topological polar surface area (TPSA) is 57.0 Å². The van der Waals surface area contributed by atoms with E-state index < -0.39 is 0 Å². The first-order valence-corrected chi connectivity index (χ1v) is 6.79. The van der Waals surface area contributed by atoms with Crippen LogP contribution in [0, 0.1) is 11.3 Å². The Balaban J connectivity index is 2.17. The van der Waals surface area contributed by atoms with E-state index in [9.17, 15) is 4.79 Å². The predicted octanol–water partition coefficient (Wildman–Crippen LogP) is 3.44. The van der Waals surface area contributed by atoms with Crippen LogP contribution in [0.15, 0.2) is 42.6 Å². The lowest BCUT2D eigenvalue weighted by atomic mass is 10.1. The highest BCUT2D eigenvalue weighted by Gasteiger charge is 2.19. The van der Waals surface area contributed by atoms with Crippen LogP contribution in [-0.2, 0) is 0 Å². The van der Waals surface area contributed by atoms with Gasteiger partial charge in [-0.3, -0.25) is 4.79 Å². The second kappa shape index (κ2) is 6.38. The molecule has 0 saturated carbocycles. The number of amides is 1. The maximum atomic E-state index is 12.4. The first kappa shape index (κ1) is 15.0. The van der Waals surface area contributed by atoms with Crippen molar-refractivity contribution in [2.24, 2.45) is 0 Å². The average molecular weight is 300 g/mol. The van der Waals surface area contributed by atoms with Gasteiger partial charge in [0, 0.05) is 18.3 Å². The highest BCUT2D eigenvalue weighted by Crippen LogP contribution is 2.22. The Morgan fingerprint density at radius 1 is 1.29 bits per heavy atom. The zero-order valence-electron chi connectivity index (χ0n) is 11.7. The molecule has 0 aliphatic carbocycles. The number of halogens is 1. The fourth-order valence-electron chi connectivity index (χ4n) is 1.91. The minimum atomic E-state index is -0.193. The van der Waals surface area contributed by atoms with Crippen molar-refractivity contribution < 1.29 is 4.79 Å². The molecule has 0 spiro atoms. The Hall–Kier alpha value is -2.38. The molecule has 0 N–H and O–H groups in total. The zero-order valence-corrected chi connectivity index (χ0v) is 12.5. The Labute approximate surface area is 128 Å². The molecule has 4 nitrogen and oxygen atoms in total. The highest BCUT2D eigenvalue weighted by molar-refractivity contribution is 6.30. The van der Waals surface area contributed by atoms with Gasteiger partial charge in [0.15, 0.2) is 0 Å². The molecule has 0 radical (unpaired) electrons. The van der Waals surface area contributed by atoms with Gasteiger partial charge in [0.25, 0.3) is 5.91 Å². The molecule has 1 amide bonds. The third-order valence-electron chi connectivity index (χ3n) is 3.37. The van der Waals surface area contributed by atoms with Gasteiger partial charge < -0.3 is 4.90 Å². The van der Waals surface area contributed by atoms with Crippen LogP contribution < -0.4 is 0 Å². The van der Waals surface area contributed by atoms with Crippen molar-refractivity contribution in [3.8, 4) is 6.07 Å². The van der Waals surface area contributed by atoms with E-state index in [4.69, 9.17) is 16.9 Å². The smallest absolute Gasteiger partial charge is 0.272 e. The van der Waals surface area contributed by atoms with Crippen molar-refractivity contribution in [2.75, 3.05) is 7.05 Å². The summed E-state index contributed by atoms with van der Waals surface area (Å²) in [7, 11) is 1.72. The summed E-state index contributed by atoms with van der Waals surface area (Å²) in [6, 6.07) is 12.4. The van der Waals surface area contributed by atoms with Crippen molar-refractivity contribution in [2.45, 2.75) is 13.0 Å². The molecule has 1 aromatic heterocycles. The molecule has 0 saturated heterocycles. The molecule has 0 fully saturated rings. The second-order valence-electron chi connectivity index (χ2n) is 4.69. The number of hydrogen-bond acceptors (Lipinski definition) is 3. The number of nitriles is 1. The molecule has 1 aromatic carbocycles. The van der Waals surface area contributed by atoms with Gasteiger partial charge in [0.05, 0.1) is 11.6 Å². The molecule has 0 aliphatic rings. The summed E-state index contributed by atoms with van der Waals surface area (Å²) in [4.78, 5) is 18.0. The monoisotopic (exact) mass is 299 g/mol. The molecule has 0 aliphatic heterocycles. The van der Waals surface area contributed by atoms with Crippen LogP contribution in [0.25, 0.3) is 0 Å². The van der Waals surface area contributed by atoms with Gasteiger partial charge >= 0.3 is 0 Å². The van der Waals surface area contributed by atoms with Gasteiger partial charge in [-0.05, 0) is 36.8 Å². The number of hydrogen-bond donors (Lipinski definition) is 0. The summed E-state index contributed by atoms with van der Waals surface area (Å²) in [5, 5.41) is 9.40. The minimum absolute atomic E-state index is 0.104. The number of carbonyl (C=O) groups excluding carboxylic acids is 1. The highest BCUT2D eigenvalue weighted by atomic mass is 35.5. The van der Waals surface area contributed by atoms with Gasteiger partial charge in [0.1, 0.15) is 11.8 Å². The number of nitrogens with zero attached hydrogens (tertiary/aromatic N) is 3. The second-order valence-corrected chi connectivity index (χ2v) is 5.12. The number of carbonyl (C=O) groups is 1. The maximum absolute atomic E-state index is 12.4. The van der Waals surface area contributed by atoms with E-state index in [2.05, 4.69) is 4.98 Å². The summed E-state index contributed by atoms with van der Waals surface area (Å²) < 4.78 is 0. The van der Waals surface area contributed by atoms with Crippen molar-refractivity contribution in [3.63, 3.8) is 0 Å². The summed E-state index contributed by atoms with van der Waals surface area (Å²) in [6.45, 7) is 1.94. The van der Waals surface area contributed by atoms with Gasteiger partial charge in [-0.2, -0.15) is 5.26 Å². The van der Waals surface area contributed by atoms with Crippen LogP contribution in [-0.4, -0.2) is 22.8 Å². The first-order valence-electron chi connectivity index (χ1n) is 6.41. The minimum Gasteiger partial charge on any atom is -0.334 e. The van der Waals surface area contributed by atoms with Gasteiger partial charge in [-0.25, -0.2) is 4.98 Å². The van der Waals surface area contributed by atoms with E-state index in [1.165, 1.54) is 6.20 Å². The number of benzene rings is 1. The van der Waals surface area contributed by atoms with Gasteiger partial charge in [0.2, 0.25) is 0 Å². The van der Waals surface area contributed by atoms with Crippen LogP contribution in [0.1, 0.15) is 34.6 Å². The number of rotatable bonds is 3. The third kappa shape index (κ3) is 3.39. The van der Waals surface area contributed by atoms with Crippen LogP contribution in [0.3, 0.4) is 0 Å². The standard InChI is InChI=1S/C16H14ClN3O/c1-11(13-4-6-14(17)7-5-13)20(2)16(21)15-8-3-12(9-18)10-19-15/h3-8,10-11H,1-2H3. The van der Waals surface area contributed by atoms with Crippen molar-refractivity contribution in [1.82, 2.24) is 9.88 Å². The van der Waals surface area contributed by atoms with Crippen molar-refractivity contribution in [3.05, 3.63) is 64.4 Å². The van der Waals surface area contributed by atoms with Crippen LogP contribution in [0.4, 0.5) is 0 Å². The Kier molecular flexibility index (Phi) is 4.56. The van der Waals surface area contributed by atoms with E-state index >= 15 is 0 Å². The lowest BCUT2D eigenvalue weighted by molar-refractivity contribution is 0.0736. The largest absolute Gasteiger partial charge is 0.334 e. The Bertz CT molecular complexity index is 674. The predicted molar refractivity (Wildman–Crippen MR) is 80.9 cm³/mol. The van der Waals surface area contributed by atoms with E-state index in [0.29, 0.717) is 16.3 Å². The molecule has 5 heteroatoms. The summed E-state index contributed by atoms with van der Waals surface area (Å²) in [5.41, 5.74) is 1.74. The molecule has 106 valence electrons. The molecular formula is C16H14ClN3O. The molecular weight excluding hydrogens is 286 g/mol. The first-order chi connectivity index (χ1) is 10.0. The molecule has 2 aromatic rings. The summed E-state index contributed by atoms with van der Waals surface area (Å²) >= 11 is 5.87. The molecule has 1 atom stereocenters. The molecule has 21 heavy (non-hydrogen) atoms. The lowest BCUT2D eigenvalue weighted by Crippen LogP contribution is -2.30. The van der Waals surface area contributed by atoms with Crippen molar-refractivity contribution in [1.29, 1.82) is 5.26 Å². The van der Waals surface area contributed by atoms with E-state index in [1.807, 2.05) is 25.1 Å². The van der Waals surface area contributed by atoms with Gasteiger partial charge in [-0.1, -0.05) is 23.7 Å². The molecule has 0 bridgehead atoms. The molecule has 1 unspecified atom stereocenters. The Morgan fingerprint density at radius 3 is 2.48 bits per heavy atom. The Morgan fingerprint density at radius 2 is 1.95 bits per heavy atom. The summed E-state index contributed by atoms with van der Waals surface area (Å²) in [6.07, 6.45) is 1.40. The molecule has 2 rings (SSSR count). The summed E-state index contributed by atoms with van der Waals surface area (Å²) in [5.74, 6) is -0.193. The van der Waals surface area contributed by atoms with Gasteiger partial charge in [-0.15, -0.1) is 0 Å². The fraction of sp³-hybridized carbons (Fsp3) is 0.188. The maximum Gasteiger partial charge on any atom is 0.272 e. The quantitative estimate of drug-likeness (QED) is 0.872. The average Bonchev–Trinajstić information content (AvgIpc) is 2.53. The third-order valence-corrected chi connectivity index (χ3v) is 3.62. The van der Waals surface area contributed by atoms with Crippen LogP contribution in [0.2, 0.25) is 5.02 Å². The normalized spacial score (nSPS) is 11.5. The van der Waals surface area contributed by atoms with E-state index in [1.54, 1.807) is 36.2 Å². The zero-order chi connectivity index (χ0) is 15.4. The molecule has 1 heterocycles. The van der Waals surface area contributed by atoms with Crippen LogP contribution in [0.5, 0.6) is 0 Å². The SMILES string of the molecule is CC(c1ccc(Cl)cc1)N(C)C(=O)c1ccc(C#N)cn1. The lowest BCUT2D eigenvalue weighted by Gasteiger charge is -2.25.